The van der Waals surface area contributed by atoms with Gasteiger partial charge < -0.3 is 4.74 Å². The summed E-state index contributed by atoms with van der Waals surface area (Å²) in [5.74, 6) is -0.544. The van der Waals surface area contributed by atoms with Crippen LogP contribution < -0.4 is 4.74 Å². The van der Waals surface area contributed by atoms with Gasteiger partial charge in [-0.3, -0.25) is 0 Å². The summed E-state index contributed by atoms with van der Waals surface area (Å²) < 4.78 is 19.3. The van der Waals surface area contributed by atoms with E-state index in [1.54, 1.807) is 36.4 Å². The number of halogens is 2. The van der Waals surface area contributed by atoms with Crippen LogP contribution in [0.5, 0.6) is 5.75 Å². The fourth-order valence-corrected chi connectivity index (χ4v) is 2.73. The van der Waals surface area contributed by atoms with Crippen LogP contribution in [0.2, 0.25) is 5.02 Å². The molecular formula is C20H16ClFO2. The number of rotatable bonds is 4. The molecule has 122 valence electrons. The third-order valence-corrected chi connectivity index (χ3v) is 4.11. The Labute approximate surface area is 144 Å². The molecule has 3 aromatic rings. The van der Waals surface area contributed by atoms with E-state index in [1.165, 1.54) is 11.6 Å². The fraction of sp³-hybridized carbons (Fsp3) is 0.150. The van der Waals surface area contributed by atoms with Crippen LogP contribution in [-0.4, -0.2) is 5.97 Å². The summed E-state index contributed by atoms with van der Waals surface area (Å²) in [4.78, 5) is 12.2. The molecule has 0 aromatic heterocycles. The van der Waals surface area contributed by atoms with Crippen LogP contribution in [0.1, 0.15) is 29.3 Å². The van der Waals surface area contributed by atoms with E-state index in [9.17, 15) is 9.18 Å². The van der Waals surface area contributed by atoms with Gasteiger partial charge in [0.2, 0.25) is 0 Å². The van der Waals surface area contributed by atoms with E-state index in [0.29, 0.717) is 22.1 Å². The van der Waals surface area contributed by atoms with Gasteiger partial charge in [0, 0.05) is 5.39 Å². The topological polar surface area (TPSA) is 26.3 Å². The van der Waals surface area contributed by atoms with Crippen molar-refractivity contribution in [1.29, 1.82) is 0 Å². The number of aryl methyl sites for hydroxylation is 1. The van der Waals surface area contributed by atoms with Gasteiger partial charge in [-0.05, 0) is 53.8 Å². The van der Waals surface area contributed by atoms with Crippen molar-refractivity contribution in [3.05, 3.63) is 76.6 Å². The van der Waals surface area contributed by atoms with Gasteiger partial charge in [0.25, 0.3) is 0 Å². The Balaban J connectivity index is 1.81. The van der Waals surface area contributed by atoms with Crippen LogP contribution in [-0.2, 0) is 6.42 Å². The maximum Gasteiger partial charge on any atom is 0.343 e. The molecule has 0 amide bonds. The highest BCUT2D eigenvalue weighted by atomic mass is 35.5. The number of fused-ring (bicyclic) bond motifs is 1. The summed E-state index contributed by atoms with van der Waals surface area (Å²) in [5.41, 5.74) is 1.67. The molecule has 0 unspecified atom stereocenters. The van der Waals surface area contributed by atoms with Crippen molar-refractivity contribution in [2.75, 3.05) is 0 Å². The minimum absolute atomic E-state index is 0.0689. The van der Waals surface area contributed by atoms with Crippen molar-refractivity contribution in [1.82, 2.24) is 0 Å². The van der Waals surface area contributed by atoms with Crippen molar-refractivity contribution < 1.29 is 13.9 Å². The first-order chi connectivity index (χ1) is 11.6. The van der Waals surface area contributed by atoms with Gasteiger partial charge in [-0.25, -0.2) is 9.18 Å². The molecule has 0 radical (unpaired) electrons. The van der Waals surface area contributed by atoms with Gasteiger partial charge in [0.1, 0.15) is 11.6 Å². The summed E-state index contributed by atoms with van der Waals surface area (Å²) in [5, 5.41) is 1.09. The van der Waals surface area contributed by atoms with E-state index in [2.05, 4.69) is 6.92 Å². The lowest BCUT2D eigenvalue weighted by Gasteiger charge is -2.07. The number of hydrogen-bond acceptors (Lipinski definition) is 2. The number of carbonyl (C=O) groups is 1. The molecule has 0 atom stereocenters. The zero-order valence-electron chi connectivity index (χ0n) is 13.2. The third-order valence-electron chi connectivity index (χ3n) is 3.82. The molecule has 3 aromatic carbocycles. The van der Waals surface area contributed by atoms with Crippen molar-refractivity contribution in [2.45, 2.75) is 19.8 Å². The number of ether oxygens (including phenoxy) is 1. The lowest BCUT2D eigenvalue weighted by molar-refractivity contribution is 0.0735. The Bertz CT molecular complexity index is 888. The van der Waals surface area contributed by atoms with Crippen LogP contribution in [0.15, 0.2) is 54.6 Å². The molecule has 0 N–H and O–H groups in total. The second kappa shape index (κ2) is 7.02. The zero-order chi connectivity index (χ0) is 17.1. The zero-order valence-corrected chi connectivity index (χ0v) is 13.9. The second-order valence-corrected chi connectivity index (χ2v) is 5.99. The molecule has 0 aliphatic rings. The van der Waals surface area contributed by atoms with Gasteiger partial charge in [-0.1, -0.05) is 43.1 Å². The van der Waals surface area contributed by atoms with E-state index in [1.807, 2.05) is 12.1 Å². The highest BCUT2D eigenvalue weighted by molar-refractivity contribution is 6.31. The summed E-state index contributed by atoms with van der Waals surface area (Å²) in [6.07, 6.45) is 2.04. The first kappa shape index (κ1) is 16.5. The van der Waals surface area contributed by atoms with E-state index in [4.69, 9.17) is 16.3 Å². The predicted molar refractivity (Wildman–Crippen MR) is 94.3 cm³/mol. The van der Waals surface area contributed by atoms with Crippen LogP contribution >= 0.6 is 11.6 Å². The van der Waals surface area contributed by atoms with E-state index in [0.717, 1.165) is 12.8 Å². The minimum atomic E-state index is -0.474. The molecule has 3 rings (SSSR count). The number of hydrogen-bond donors (Lipinski definition) is 0. The maximum absolute atomic E-state index is 13.9. The molecule has 0 aliphatic heterocycles. The average molecular weight is 343 g/mol. The second-order valence-electron chi connectivity index (χ2n) is 5.58. The lowest BCUT2D eigenvalue weighted by atomic mass is 10.1. The standard InChI is InChI=1S/C20H16ClFO2/c1-2-3-13-4-6-14(7-5-13)20(23)24-16-9-10-17-15(12-16)8-11-18(21)19(17)22/h4-12H,2-3H2,1H3. The number of carbonyl (C=O) groups excluding carboxylic acids is 1. The van der Waals surface area contributed by atoms with Crippen LogP contribution in [0.25, 0.3) is 10.8 Å². The Hall–Kier alpha value is -2.39. The summed E-state index contributed by atoms with van der Waals surface area (Å²) in [7, 11) is 0. The Morgan fingerprint density at radius 1 is 1.08 bits per heavy atom. The van der Waals surface area contributed by atoms with Gasteiger partial charge in [-0.15, -0.1) is 0 Å². The molecule has 24 heavy (non-hydrogen) atoms. The number of esters is 1. The van der Waals surface area contributed by atoms with E-state index < -0.39 is 11.8 Å². The first-order valence-electron chi connectivity index (χ1n) is 7.77. The van der Waals surface area contributed by atoms with Gasteiger partial charge in [0.05, 0.1) is 10.6 Å². The summed E-state index contributed by atoms with van der Waals surface area (Å²) in [6, 6.07) is 15.3. The molecule has 0 bridgehead atoms. The van der Waals surface area contributed by atoms with Crippen molar-refractivity contribution in [3.8, 4) is 5.75 Å². The van der Waals surface area contributed by atoms with Gasteiger partial charge in [0.15, 0.2) is 0 Å². The lowest BCUT2D eigenvalue weighted by Crippen LogP contribution is -2.08. The largest absolute Gasteiger partial charge is 0.423 e. The minimum Gasteiger partial charge on any atom is -0.423 e. The monoisotopic (exact) mass is 342 g/mol. The van der Waals surface area contributed by atoms with E-state index >= 15 is 0 Å². The molecule has 2 nitrogen and oxygen atoms in total. The SMILES string of the molecule is CCCc1ccc(C(=O)Oc2ccc3c(F)c(Cl)ccc3c2)cc1. The summed E-state index contributed by atoms with van der Waals surface area (Å²) >= 11 is 5.77. The van der Waals surface area contributed by atoms with Crippen LogP contribution in [0, 0.1) is 5.82 Å². The normalized spacial score (nSPS) is 10.8. The molecule has 0 saturated carbocycles. The molecular weight excluding hydrogens is 327 g/mol. The Morgan fingerprint density at radius 3 is 2.54 bits per heavy atom. The van der Waals surface area contributed by atoms with Crippen LogP contribution in [0.4, 0.5) is 4.39 Å². The molecule has 0 aliphatic carbocycles. The average Bonchev–Trinajstić information content (AvgIpc) is 2.59. The quantitative estimate of drug-likeness (QED) is 0.442. The fourth-order valence-electron chi connectivity index (χ4n) is 2.57. The molecule has 0 saturated heterocycles. The van der Waals surface area contributed by atoms with Crippen molar-refractivity contribution in [3.63, 3.8) is 0 Å². The first-order valence-corrected chi connectivity index (χ1v) is 8.15. The Kier molecular flexibility index (Phi) is 4.81. The summed E-state index contributed by atoms with van der Waals surface area (Å²) in [6.45, 7) is 2.11. The maximum atomic E-state index is 13.9. The highest BCUT2D eigenvalue weighted by Crippen LogP contribution is 2.28. The number of benzene rings is 3. The van der Waals surface area contributed by atoms with Crippen molar-refractivity contribution in [2.24, 2.45) is 0 Å². The Morgan fingerprint density at radius 2 is 1.83 bits per heavy atom. The van der Waals surface area contributed by atoms with E-state index in [-0.39, 0.29) is 5.02 Å². The highest BCUT2D eigenvalue weighted by Gasteiger charge is 2.11. The molecule has 0 fully saturated rings. The van der Waals surface area contributed by atoms with Gasteiger partial charge >= 0.3 is 5.97 Å². The smallest absolute Gasteiger partial charge is 0.343 e. The molecule has 0 spiro atoms. The predicted octanol–water partition coefficient (Wildman–Crippen LogP) is 5.80. The van der Waals surface area contributed by atoms with Crippen molar-refractivity contribution >= 4 is 28.3 Å². The third kappa shape index (κ3) is 3.41. The molecule has 4 heteroatoms. The van der Waals surface area contributed by atoms with Gasteiger partial charge in [-0.2, -0.15) is 0 Å². The molecule has 0 heterocycles. The van der Waals surface area contributed by atoms with Crippen LogP contribution in [0.3, 0.4) is 0 Å².